The molecule has 0 aliphatic carbocycles. The van der Waals surface area contributed by atoms with Gasteiger partial charge in [-0.05, 0) is 31.5 Å². The Morgan fingerprint density at radius 2 is 1.72 bits per heavy atom. The van der Waals surface area contributed by atoms with Crippen LogP contribution >= 0.6 is 11.8 Å². The van der Waals surface area contributed by atoms with Crippen molar-refractivity contribution in [1.29, 1.82) is 0 Å². The number of carbonyl (C=O) groups is 1. The zero-order chi connectivity index (χ0) is 19.9. The molecule has 0 unspecified atom stereocenters. The Kier molecular flexibility index (Phi) is 7.18. The van der Waals surface area contributed by atoms with Crippen LogP contribution in [0.15, 0.2) is 35.5 Å². The summed E-state index contributed by atoms with van der Waals surface area (Å²) in [5, 5.41) is 9.77. The van der Waals surface area contributed by atoms with Crippen molar-refractivity contribution in [1.82, 2.24) is 24.6 Å². The highest BCUT2D eigenvalue weighted by atomic mass is 32.2. The van der Waals surface area contributed by atoms with Crippen molar-refractivity contribution in [3.05, 3.63) is 41.7 Å². The Hall–Kier alpha value is -1.90. The maximum atomic E-state index is 12.5. The van der Waals surface area contributed by atoms with Crippen molar-refractivity contribution >= 4 is 17.7 Å². The van der Waals surface area contributed by atoms with E-state index in [9.17, 15) is 4.79 Å². The highest BCUT2D eigenvalue weighted by Crippen LogP contribution is 2.21. The van der Waals surface area contributed by atoms with E-state index in [1.165, 1.54) is 36.6 Å². The number of likely N-dealkylation sites (tertiary alicyclic amines) is 1. The number of morpholine rings is 1. The maximum absolute atomic E-state index is 12.5. The van der Waals surface area contributed by atoms with E-state index in [1.807, 2.05) is 11.0 Å². The quantitative estimate of drug-likeness (QED) is 0.647. The number of rotatable bonds is 7. The van der Waals surface area contributed by atoms with E-state index in [0.29, 0.717) is 32.1 Å². The second-order valence-corrected chi connectivity index (χ2v) is 8.53. The fourth-order valence-electron chi connectivity index (χ4n) is 3.82. The first-order valence-corrected chi connectivity index (χ1v) is 11.4. The molecule has 2 aromatic rings. The minimum Gasteiger partial charge on any atom is -0.378 e. The summed E-state index contributed by atoms with van der Waals surface area (Å²) in [7, 11) is 0. The molecular weight excluding hydrogens is 386 g/mol. The minimum atomic E-state index is 0.144. The van der Waals surface area contributed by atoms with Crippen LogP contribution in [0.4, 0.5) is 0 Å². The molecule has 1 amide bonds. The van der Waals surface area contributed by atoms with Gasteiger partial charge in [0.1, 0.15) is 5.82 Å². The van der Waals surface area contributed by atoms with Crippen LogP contribution in [0.1, 0.15) is 30.7 Å². The molecule has 7 nitrogen and oxygen atoms in total. The SMILES string of the molecule is O=C(CSc1nnc(CN2CCCCC2)n1Cc1ccccc1)N1CCOCC1. The van der Waals surface area contributed by atoms with Gasteiger partial charge in [0, 0.05) is 13.1 Å². The maximum Gasteiger partial charge on any atom is 0.233 e. The van der Waals surface area contributed by atoms with E-state index in [1.54, 1.807) is 0 Å². The second-order valence-electron chi connectivity index (χ2n) is 7.59. The Bertz CT molecular complexity index is 786. The van der Waals surface area contributed by atoms with Crippen LogP contribution in [0, 0.1) is 0 Å². The normalized spacial score (nSPS) is 18.1. The van der Waals surface area contributed by atoms with E-state index < -0.39 is 0 Å². The summed E-state index contributed by atoms with van der Waals surface area (Å²) in [4.78, 5) is 16.9. The molecule has 0 N–H and O–H groups in total. The smallest absolute Gasteiger partial charge is 0.233 e. The highest BCUT2D eigenvalue weighted by Gasteiger charge is 2.21. The van der Waals surface area contributed by atoms with Gasteiger partial charge in [0.2, 0.25) is 5.91 Å². The third kappa shape index (κ3) is 5.58. The van der Waals surface area contributed by atoms with Gasteiger partial charge in [-0.3, -0.25) is 9.69 Å². The zero-order valence-corrected chi connectivity index (χ0v) is 17.6. The first-order valence-electron chi connectivity index (χ1n) is 10.5. The van der Waals surface area contributed by atoms with Gasteiger partial charge in [-0.15, -0.1) is 10.2 Å². The van der Waals surface area contributed by atoms with Crippen molar-refractivity contribution in [3.8, 4) is 0 Å². The molecule has 0 atom stereocenters. The topological polar surface area (TPSA) is 63.5 Å². The molecule has 0 saturated carbocycles. The van der Waals surface area contributed by atoms with Crippen LogP contribution in [-0.4, -0.2) is 75.6 Å². The highest BCUT2D eigenvalue weighted by molar-refractivity contribution is 7.99. The van der Waals surface area contributed by atoms with Crippen molar-refractivity contribution in [3.63, 3.8) is 0 Å². The molecule has 0 bridgehead atoms. The number of ether oxygens (including phenoxy) is 1. The third-order valence-corrected chi connectivity index (χ3v) is 6.43. The fourth-order valence-corrected chi connectivity index (χ4v) is 4.67. The lowest BCUT2D eigenvalue weighted by atomic mass is 10.1. The van der Waals surface area contributed by atoms with E-state index >= 15 is 0 Å². The number of benzene rings is 1. The first-order chi connectivity index (χ1) is 14.3. The molecule has 29 heavy (non-hydrogen) atoms. The van der Waals surface area contributed by atoms with Gasteiger partial charge in [-0.1, -0.05) is 48.5 Å². The summed E-state index contributed by atoms with van der Waals surface area (Å²) >= 11 is 1.49. The molecular formula is C21H29N5O2S. The molecule has 0 radical (unpaired) electrons. The van der Waals surface area contributed by atoms with Gasteiger partial charge in [0.25, 0.3) is 0 Å². The summed E-state index contributed by atoms with van der Waals surface area (Å²) in [5.41, 5.74) is 1.22. The summed E-state index contributed by atoms with van der Waals surface area (Å²) in [6, 6.07) is 10.4. The predicted octanol–water partition coefficient (Wildman–Crippen LogP) is 2.26. The number of carbonyl (C=O) groups excluding carboxylic acids is 1. The van der Waals surface area contributed by atoms with Gasteiger partial charge in [-0.2, -0.15) is 0 Å². The van der Waals surface area contributed by atoms with Gasteiger partial charge >= 0.3 is 0 Å². The van der Waals surface area contributed by atoms with Crippen LogP contribution in [0.2, 0.25) is 0 Å². The standard InChI is InChI=1S/C21H29N5O2S/c27-20(25-11-13-28-14-12-25)17-29-21-23-22-19(16-24-9-5-2-6-10-24)26(21)15-18-7-3-1-4-8-18/h1,3-4,7-8H,2,5-6,9-17H2. The number of hydrogen-bond donors (Lipinski definition) is 0. The van der Waals surface area contributed by atoms with E-state index in [2.05, 4.69) is 43.9 Å². The molecule has 8 heteroatoms. The lowest BCUT2D eigenvalue weighted by Gasteiger charge is -2.27. The first kappa shape index (κ1) is 20.4. The Labute approximate surface area is 176 Å². The zero-order valence-electron chi connectivity index (χ0n) is 16.8. The van der Waals surface area contributed by atoms with Crippen molar-refractivity contribution in [2.45, 2.75) is 37.5 Å². The number of aromatic nitrogens is 3. The minimum absolute atomic E-state index is 0.144. The number of thioether (sulfide) groups is 1. The Balaban J connectivity index is 1.46. The molecule has 1 aromatic heterocycles. The summed E-state index contributed by atoms with van der Waals surface area (Å²) < 4.78 is 7.52. The second kappa shape index (κ2) is 10.2. The molecule has 3 heterocycles. The predicted molar refractivity (Wildman–Crippen MR) is 113 cm³/mol. The van der Waals surface area contributed by atoms with E-state index in [0.717, 1.165) is 37.2 Å². The summed E-state index contributed by atoms with van der Waals surface area (Å²) in [6.45, 7) is 6.39. The number of hydrogen-bond acceptors (Lipinski definition) is 6. The van der Waals surface area contributed by atoms with Gasteiger partial charge in [0.15, 0.2) is 5.16 Å². The van der Waals surface area contributed by atoms with Crippen molar-refractivity contribution in [2.24, 2.45) is 0 Å². The molecule has 2 saturated heterocycles. The van der Waals surface area contributed by atoms with Gasteiger partial charge < -0.3 is 14.2 Å². The van der Waals surface area contributed by atoms with Crippen LogP contribution < -0.4 is 0 Å². The van der Waals surface area contributed by atoms with Crippen molar-refractivity contribution < 1.29 is 9.53 Å². The molecule has 2 aliphatic rings. The van der Waals surface area contributed by atoms with Gasteiger partial charge in [-0.25, -0.2) is 0 Å². The average molecular weight is 416 g/mol. The number of piperidine rings is 1. The molecule has 0 spiro atoms. The van der Waals surface area contributed by atoms with Gasteiger partial charge in [0.05, 0.1) is 32.1 Å². The summed E-state index contributed by atoms with van der Waals surface area (Å²) in [6.07, 6.45) is 3.82. The van der Waals surface area contributed by atoms with E-state index in [-0.39, 0.29) is 5.91 Å². The molecule has 4 rings (SSSR count). The monoisotopic (exact) mass is 415 g/mol. The number of amides is 1. The average Bonchev–Trinajstić information content (AvgIpc) is 3.15. The fraction of sp³-hybridized carbons (Fsp3) is 0.571. The molecule has 2 aliphatic heterocycles. The van der Waals surface area contributed by atoms with Crippen LogP contribution in [0.3, 0.4) is 0 Å². The molecule has 2 fully saturated rings. The number of nitrogens with zero attached hydrogens (tertiary/aromatic N) is 5. The van der Waals surface area contributed by atoms with Crippen LogP contribution in [0.25, 0.3) is 0 Å². The lowest BCUT2D eigenvalue weighted by molar-refractivity contribution is -0.132. The van der Waals surface area contributed by atoms with E-state index in [4.69, 9.17) is 4.74 Å². The largest absolute Gasteiger partial charge is 0.378 e. The van der Waals surface area contributed by atoms with Crippen LogP contribution in [-0.2, 0) is 22.6 Å². The Morgan fingerprint density at radius 1 is 0.966 bits per heavy atom. The summed E-state index contributed by atoms with van der Waals surface area (Å²) in [5.74, 6) is 1.51. The molecule has 156 valence electrons. The molecule has 1 aromatic carbocycles. The Morgan fingerprint density at radius 3 is 2.48 bits per heavy atom. The third-order valence-electron chi connectivity index (χ3n) is 5.48. The lowest BCUT2D eigenvalue weighted by Crippen LogP contribution is -2.41. The van der Waals surface area contributed by atoms with Crippen LogP contribution in [0.5, 0.6) is 0 Å². The van der Waals surface area contributed by atoms with Crippen molar-refractivity contribution in [2.75, 3.05) is 45.1 Å².